The lowest BCUT2D eigenvalue weighted by atomic mass is 9.95. The number of hydrogen-bond donors (Lipinski definition) is 1. The van der Waals surface area contributed by atoms with Crippen LogP contribution in [0.25, 0.3) is 0 Å². The highest BCUT2D eigenvalue weighted by Crippen LogP contribution is 2.37. The molecule has 1 aliphatic rings. The lowest BCUT2D eigenvalue weighted by Gasteiger charge is -2.36. The van der Waals surface area contributed by atoms with Crippen LogP contribution in [0.15, 0.2) is 54.6 Å². The average molecular weight is 470 g/mol. The van der Waals surface area contributed by atoms with E-state index in [1.165, 1.54) is 0 Å². The monoisotopic (exact) mass is 469 g/mol. The summed E-state index contributed by atoms with van der Waals surface area (Å²) in [5.74, 6) is 0.668. The lowest BCUT2D eigenvalue weighted by Crippen LogP contribution is -2.47. The molecular formula is C26H35NO5Si. The van der Waals surface area contributed by atoms with E-state index < -0.39 is 26.1 Å². The Labute approximate surface area is 197 Å². The minimum absolute atomic E-state index is 0.104. The third-order valence-electron chi connectivity index (χ3n) is 6.46. The lowest BCUT2D eigenvalue weighted by molar-refractivity contribution is -0.125. The Balaban J connectivity index is 1.65. The fourth-order valence-electron chi connectivity index (χ4n) is 3.11. The fraction of sp³-hybridized carbons (Fsp3) is 0.462. The number of benzene rings is 2. The minimum Gasteiger partial charge on any atom is -0.544 e. The van der Waals surface area contributed by atoms with Crippen LogP contribution < -0.4 is 9.74 Å². The van der Waals surface area contributed by atoms with E-state index in [9.17, 15) is 9.59 Å². The third kappa shape index (κ3) is 6.68. The van der Waals surface area contributed by atoms with Crippen LogP contribution in [0.5, 0.6) is 5.75 Å². The van der Waals surface area contributed by atoms with Gasteiger partial charge in [0.1, 0.15) is 18.0 Å². The maximum absolute atomic E-state index is 13.0. The number of carbonyl (C=O) groups is 2. The van der Waals surface area contributed by atoms with Crippen molar-refractivity contribution in [3.63, 3.8) is 0 Å². The van der Waals surface area contributed by atoms with Gasteiger partial charge < -0.3 is 19.2 Å². The van der Waals surface area contributed by atoms with Crippen LogP contribution in [0.4, 0.5) is 4.79 Å². The van der Waals surface area contributed by atoms with Gasteiger partial charge in [-0.2, -0.15) is 0 Å². The molecular weight excluding hydrogens is 434 g/mol. The van der Waals surface area contributed by atoms with Gasteiger partial charge in [-0.15, -0.1) is 0 Å². The van der Waals surface area contributed by atoms with Crippen LogP contribution in [0.2, 0.25) is 18.1 Å². The molecule has 0 spiro atoms. The SMILES string of the molecule is CC(C)(C)[Si](C)(C)Oc1ccc(C[C@H](NC(=O)OCc2ccccc2)C(=O)[C@]2(C)CO2)cc1. The molecule has 178 valence electrons. The molecule has 1 N–H and O–H groups in total. The summed E-state index contributed by atoms with van der Waals surface area (Å²) >= 11 is 0. The molecule has 0 aliphatic carbocycles. The van der Waals surface area contributed by atoms with E-state index in [-0.39, 0.29) is 17.4 Å². The van der Waals surface area contributed by atoms with Gasteiger partial charge in [0.15, 0.2) is 5.78 Å². The van der Waals surface area contributed by atoms with E-state index in [1.807, 2.05) is 54.6 Å². The molecule has 1 aliphatic heterocycles. The first-order chi connectivity index (χ1) is 15.4. The van der Waals surface area contributed by atoms with E-state index in [1.54, 1.807) is 6.92 Å². The van der Waals surface area contributed by atoms with Crippen LogP contribution in [-0.2, 0) is 27.3 Å². The molecule has 6 nitrogen and oxygen atoms in total. The molecule has 2 aromatic rings. The summed E-state index contributed by atoms with van der Waals surface area (Å²) in [6.07, 6.45) is -0.280. The quantitative estimate of drug-likeness (QED) is 0.400. The summed E-state index contributed by atoms with van der Waals surface area (Å²) in [6, 6.07) is 16.4. The first-order valence-electron chi connectivity index (χ1n) is 11.3. The van der Waals surface area contributed by atoms with Gasteiger partial charge >= 0.3 is 6.09 Å². The second-order valence-corrected chi connectivity index (χ2v) is 15.1. The van der Waals surface area contributed by atoms with Gasteiger partial charge in [0.05, 0.1) is 12.6 Å². The molecule has 0 aromatic heterocycles. The van der Waals surface area contributed by atoms with E-state index in [2.05, 4.69) is 39.2 Å². The van der Waals surface area contributed by atoms with Crippen LogP contribution in [0, 0.1) is 0 Å². The van der Waals surface area contributed by atoms with Crippen LogP contribution in [0.3, 0.4) is 0 Å². The number of ether oxygens (including phenoxy) is 2. The maximum Gasteiger partial charge on any atom is 0.408 e. The molecule has 1 saturated heterocycles. The summed E-state index contributed by atoms with van der Waals surface area (Å²) in [6.45, 7) is 13.3. The van der Waals surface area contributed by atoms with Gasteiger partial charge in [0, 0.05) is 0 Å². The Kier molecular flexibility index (Phi) is 7.34. The Morgan fingerprint density at radius 2 is 1.67 bits per heavy atom. The van der Waals surface area contributed by atoms with Gasteiger partial charge in [-0.05, 0) is 54.7 Å². The predicted molar refractivity (Wildman–Crippen MR) is 131 cm³/mol. The number of carbonyl (C=O) groups excluding carboxylic acids is 2. The molecule has 0 unspecified atom stereocenters. The number of nitrogens with one attached hydrogen (secondary N) is 1. The summed E-state index contributed by atoms with van der Waals surface area (Å²) < 4.78 is 17.0. The molecule has 2 atom stereocenters. The normalized spacial score (nSPS) is 18.8. The number of ketones is 1. The molecule has 3 rings (SSSR count). The van der Waals surface area contributed by atoms with Crippen LogP contribution in [0.1, 0.15) is 38.8 Å². The van der Waals surface area contributed by atoms with Crippen molar-refractivity contribution in [1.82, 2.24) is 5.32 Å². The predicted octanol–water partition coefficient (Wildman–Crippen LogP) is 5.27. The van der Waals surface area contributed by atoms with Crippen molar-refractivity contribution in [2.24, 2.45) is 0 Å². The Bertz CT molecular complexity index is 962. The summed E-state index contributed by atoms with van der Waals surface area (Å²) in [7, 11) is -1.93. The Hall–Kier alpha value is -2.64. The Morgan fingerprint density at radius 1 is 1.06 bits per heavy atom. The molecule has 1 heterocycles. The van der Waals surface area contributed by atoms with Gasteiger partial charge in [0.2, 0.25) is 8.32 Å². The van der Waals surface area contributed by atoms with Crippen LogP contribution in [-0.4, -0.2) is 38.4 Å². The Morgan fingerprint density at radius 3 is 2.21 bits per heavy atom. The topological polar surface area (TPSA) is 77.2 Å². The number of hydrogen-bond acceptors (Lipinski definition) is 5. The number of amides is 1. The van der Waals surface area contributed by atoms with Gasteiger partial charge in [0.25, 0.3) is 0 Å². The molecule has 0 bridgehead atoms. The average Bonchev–Trinajstić information content (AvgIpc) is 3.51. The van der Waals surface area contributed by atoms with Crippen LogP contribution >= 0.6 is 0 Å². The van der Waals surface area contributed by atoms with E-state index in [4.69, 9.17) is 13.9 Å². The van der Waals surface area contributed by atoms with Crippen molar-refractivity contribution in [2.45, 2.75) is 70.5 Å². The molecule has 0 radical (unpaired) electrons. The number of Topliss-reactive ketones (excluding diaryl/α,β-unsaturated/α-hetero) is 1. The number of alkyl carbamates (subject to hydrolysis) is 1. The highest BCUT2D eigenvalue weighted by atomic mass is 28.4. The highest BCUT2D eigenvalue weighted by molar-refractivity contribution is 6.74. The van der Waals surface area contributed by atoms with Crippen molar-refractivity contribution in [3.05, 3.63) is 65.7 Å². The zero-order valence-electron chi connectivity index (χ0n) is 20.4. The van der Waals surface area contributed by atoms with Crippen molar-refractivity contribution in [3.8, 4) is 5.75 Å². The van der Waals surface area contributed by atoms with Gasteiger partial charge in [-0.3, -0.25) is 4.79 Å². The summed E-state index contributed by atoms with van der Waals surface area (Å²) in [5.41, 5.74) is 0.955. The molecule has 1 fully saturated rings. The van der Waals surface area contributed by atoms with E-state index in [0.717, 1.165) is 16.9 Å². The maximum atomic E-state index is 13.0. The minimum atomic E-state index is -1.93. The zero-order chi connectivity index (χ0) is 24.3. The van der Waals surface area contributed by atoms with Crippen molar-refractivity contribution in [1.29, 1.82) is 0 Å². The second kappa shape index (κ2) is 9.69. The summed E-state index contributed by atoms with van der Waals surface area (Å²) in [4.78, 5) is 25.4. The molecule has 0 saturated carbocycles. The van der Waals surface area contributed by atoms with Crippen molar-refractivity contribution in [2.75, 3.05) is 6.61 Å². The highest BCUT2D eigenvalue weighted by Gasteiger charge is 2.50. The van der Waals surface area contributed by atoms with E-state index >= 15 is 0 Å². The number of epoxide rings is 1. The fourth-order valence-corrected chi connectivity index (χ4v) is 4.14. The molecule has 7 heteroatoms. The van der Waals surface area contributed by atoms with Gasteiger partial charge in [-0.1, -0.05) is 63.2 Å². The largest absolute Gasteiger partial charge is 0.544 e. The first kappa shape index (κ1) is 25.0. The summed E-state index contributed by atoms with van der Waals surface area (Å²) in [5, 5.41) is 2.84. The standard InChI is InChI=1S/C26H35NO5Si/c1-25(2,3)33(5,6)32-21-14-12-19(13-15-21)16-22(23(28)26(4)18-31-26)27-24(29)30-17-20-10-8-7-9-11-20/h7-15,22H,16-18H2,1-6H3,(H,27,29)/t22-,26-/m0/s1. The first-order valence-corrected chi connectivity index (χ1v) is 14.2. The smallest absolute Gasteiger partial charge is 0.408 e. The zero-order valence-corrected chi connectivity index (χ0v) is 21.4. The number of rotatable bonds is 9. The second-order valence-electron chi connectivity index (χ2n) is 10.4. The molecule has 1 amide bonds. The third-order valence-corrected chi connectivity index (χ3v) is 10.8. The van der Waals surface area contributed by atoms with Crippen molar-refractivity contribution >= 4 is 20.2 Å². The molecule has 2 aromatic carbocycles. The van der Waals surface area contributed by atoms with Crippen molar-refractivity contribution < 1.29 is 23.5 Å². The van der Waals surface area contributed by atoms with Gasteiger partial charge in [-0.25, -0.2) is 4.79 Å². The van der Waals surface area contributed by atoms with E-state index in [0.29, 0.717) is 13.0 Å². The molecule has 33 heavy (non-hydrogen) atoms.